The van der Waals surface area contributed by atoms with Crippen LogP contribution in [0.3, 0.4) is 0 Å². The van der Waals surface area contributed by atoms with Crippen molar-refractivity contribution in [3.05, 3.63) is 34.9 Å². The van der Waals surface area contributed by atoms with Crippen LogP contribution >= 0.6 is 0 Å². The van der Waals surface area contributed by atoms with E-state index in [4.69, 9.17) is 0 Å². The zero-order chi connectivity index (χ0) is 11.7. The number of rotatable bonds is 1. The Morgan fingerprint density at radius 1 is 1.06 bits per heavy atom. The molecule has 0 aliphatic heterocycles. The van der Waals surface area contributed by atoms with Crippen molar-refractivity contribution in [1.82, 2.24) is 0 Å². The van der Waals surface area contributed by atoms with Gasteiger partial charge in [-0.25, -0.2) is 13.2 Å². The highest BCUT2D eigenvalue weighted by molar-refractivity contribution is 5.31. The Balaban J connectivity index is 2.24. The van der Waals surface area contributed by atoms with Gasteiger partial charge in [0.2, 0.25) is 0 Å². The Morgan fingerprint density at radius 2 is 1.69 bits per heavy atom. The average molecular weight is 228 g/mol. The fourth-order valence-corrected chi connectivity index (χ4v) is 2.47. The number of hydrogen-bond acceptors (Lipinski definition) is 0. The molecule has 0 heterocycles. The van der Waals surface area contributed by atoms with Crippen molar-refractivity contribution in [1.29, 1.82) is 0 Å². The molecule has 1 aliphatic carbocycles. The van der Waals surface area contributed by atoms with Gasteiger partial charge < -0.3 is 0 Å². The van der Waals surface area contributed by atoms with Crippen molar-refractivity contribution in [3.8, 4) is 0 Å². The van der Waals surface area contributed by atoms with Crippen molar-refractivity contribution < 1.29 is 13.2 Å². The summed E-state index contributed by atoms with van der Waals surface area (Å²) >= 11 is 0. The lowest BCUT2D eigenvalue weighted by atomic mass is 9.81. The van der Waals surface area contributed by atoms with Crippen molar-refractivity contribution >= 4 is 0 Å². The molecular weight excluding hydrogens is 213 g/mol. The summed E-state index contributed by atoms with van der Waals surface area (Å²) in [6, 6.07) is 2.80. The van der Waals surface area contributed by atoms with Crippen LogP contribution in [0.5, 0.6) is 0 Å². The normalized spacial score (nSPS) is 25.8. The van der Waals surface area contributed by atoms with Crippen LogP contribution in [0.2, 0.25) is 0 Å². The zero-order valence-electron chi connectivity index (χ0n) is 9.27. The van der Waals surface area contributed by atoms with Gasteiger partial charge in [0.05, 0.1) is 0 Å². The van der Waals surface area contributed by atoms with Gasteiger partial charge in [-0.05, 0) is 55.7 Å². The molecule has 0 N–H and O–H groups in total. The van der Waals surface area contributed by atoms with Crippen LogP contribution in [0.25, 0.3) is 0 Å². The van der Waals surface area contributed by atoms with Crippen LogP contribution in [-0.4, -0.2) is 6.17 Å². The summed E-state index contributed by atoms with van der Waals surface area (Å²) in [6.07, 6.45) is 1.80. The SMILES string of the molecule is Cc1c(C2CCC(F)CC2)ccc(F)c1F. The number of hydrogen-bond donors (Lipinski definition) is 0. The van der Waals surface area contributed by atoms with E-state index in [0.29, 0.717) is 18.4 Å². The molecule has 1 aromatic carbocycles. The van der Waals surface area contributed by atoms with Gasteiger partial charge >= 0.3 is 0 Å². The van der Waals surface area contributed by atoms with Gasteiger partial charge in [0.15, 0.2) is 11.6 Å². The summed E-state index contributed by atoms with van der Waals surface area (Å²) in [6.45, 7) is 1.59. The molecule has 1 aliphatic rings. The monoisotopic (exact) mass is 228 g/mol. The molecule has 0 spiro atoms. The molecule has 0 aromatic heterocycles. The van der Waals surface area contributed by atoms with E-state index in [0.717, 1.165) is 18.4 Å². The highest BCUT2D eigenvalue weighted by atomic mass is 19.2. The van der Waals surface area contributed by atoms with Gasteiger partial charge in [0.25, 0.3) is 0 Å². The summed E-state index contributed by atoms with van der Waals surface area (Å²) in [5, 5.41) is 0. The minimum Gasteiger partial charge on any atom is -0.247 e. The molecule has 0 nitrogen and oxygen atoms in total. The lowest BCUT2D eigenvalue weighted by Crippen LogP contribution is -2.15. The topological polar surface area (TPSA) is 0 Å². The second-order valence-corrected chi connectivity index (χ2v) is 4.52. The Hall–Kier alpha value is -0.990. The van der Waals surface area contributed by atoms with E-state index in [1.54, 1.807) is 13.0 Å². The summed E-state index contributed by atoms with van der Waals surface area (Å²) in [5.74, 6) is -1.39. The molecule has 0 atom stereocenters. The summed E-state index contributed by atoms with van der Waals surface area (Å²) < 4.78 is 39.3. The minimum atomic E-state index is -0.805. The second-order valence-electron chi connectivity index (χ2n) is 4.52. The Kier molecular flexibility index (Phi) is 3.22. The van der Waals surface area contributed by atoms with Gasteiger partial charge in [-0.1, -0.05) is 6.07 Å². The van der Waals surface area contributed by atoms with Crippen LogP contribution in [0.15, 0.2) is 12.1 Å². The largest absolute Gasteiger partial charge is 0.247 e. The number of benzene rings is 1. The third kappa shape index (κ3) is 2.08. The molecular formula is C13H15F3. The molecule has 0 unspecified atom stereocenters. The average Bonchev–Trinajstić information content (AvgIpc) is 2.28. The molecule has 0 radical (unpaired) electrons. The lowest BCUT2D eigenvalue weighted by Gasteiger charge is -2.25. The standard InChI is InChI=1S/C13H15F3/c1-8-11(6-7-12(15)13(8)16)9-2-4-10(14)5-3-9/h6-7,9-10H,2-5H2,1H3. The van der Waals surface area contributed by atoms with E-state index in [1.165, 1.54) is 6.07 Å². The van der Waals surface area contributed by atoms with Crippen LogP contribution in [0.4, 0.5) is 13.2 Å². The first kappa shape index (κ1) is 11.5. The van der Waals surface area contributed by atoms with Gasteiger partial charge in [-0.2, -0.15) is 0 Å². The fourth-order valence-electron chi connectivity index (χ4n) is 2.47. The lowest BCUT2D eigenvalue weighted by molar-refractivity contribution is 0.235. The highest BCUT2D eigenvalue weighted by Gasteiger charge is 2.24. The first-order chi connectivity index (χ1) is 7.59. The molecule has 88 valence electrons. The van der Waals surface area contributed by atoms with Gasteiger partial charge in [0, 0.05) is 0 Å². The molecule has 2 rings (SSSR count). The first-order valence-electron chi connectivity index (χ1n) is 5.68. The van der Waals surface area contributed by atoms with E-state index in [-0.39, 0.29) is 5.92 Å². The molecule has 1 fully saturated rings. The number of alkyl halides is 1. The molecule has 1 saturated carbocycles. The van der Waals surface area contributed by atoms with Crippen molar-refractivity contribution in [3.63, 3.8) is 0 Å². The van der Waals surface area contributed by atoms with Crippen LogP contribution in [0, 0.1) is 18.6 Å². The molecule has 1 aromatic rings. The summed E-state index contributed by atoms with van der Waals surface area (Å²) in [4.78, 5) is 0. The zero-order valence-corrected chi connectivity index (χ0v) is 9.27. The third-order valence-corrected chi connectivity index (χ3v) is 3.48. The maximum atomic E-state index is 13.4. The molecule has 3 heteroatoms. The highest BCUT2D eigenvalue weighted by Crippen LogP contribution is 2.36. The second kappa shape index (κ2) is 4.48. The number of halogens is 3. The van der Waals surface area contributed by atoms with E-state index in [2.05, 4.69) is 0 Å². The van der Waals surface area contributed by atoms with Crippen molar-refractivity contribution in [2.45, 2.75) is 44.7 Å². The van der Waals surface area contributed by atoms with E-state index >= 15 is 0 Å². The van der Waals surface area contributed by atoms with Crippen LogP contribution in [-0.2, 0) is 0 Å². The van der Waals surface area contributed by atoms with Gasteiger partial charge in [-0.3, -0.25) is 0 Å². The van der Waals surface area contributed by atoms with Gasteiger partial charge in [-0.15, -0.1) is 0 Å². The summed E-state index contributed by atoms with van der Waals surface area (Å²) in [7, 11) is 0. The Morgan fingerprint density at radius 3 is 2.31 bits per heavy atom. The van der Waals surface area contributed by atoms with E-state index < -0.39 is 17.8 Å². The molecule has 0 bridgehead atoms. The molecule has 16 heavy (non-hydrogen) atoms. The van der Waals surface area contributed by atoms with Crippen molar-refractivity contribution in [2.75, 3.05) is 0 Å². The Labute approximate surface area is 93.5 Å². The van der Waals surface area contributed by atoms with Crippen molar-refractivity contribution in [2.24, 2.45) is 0 Å². The molecule has 0 saturated heterocycles. The fraction of sp³-hybridized carbons (Fsp3) is 0.538. The van der Waals surface area contributed by atoms with Crippen LogP contribution in [0.1, 0.15) is 42.7 Å². The quantitative estimate of drug-likeness (QED) is 0.673. The van der Waals surface area contributed by atoms with Gasteiger partial charge in [0.1, 0.15) is 6.17 Å². The maximum Gasteiger partial charge on any atom is 0.162 e. The predicted octanol–water partition coefficient (Wildman–Crippen LogP) is 4.27. The first-order valence-corrected chi connectivity index (χ1v) is 5.68. The smallest absolute Gasteiger partial charge is 0.162 e. The predicted molar refractivity (Wildman–Crippen MR) is 57.2 cm³/mol. The summed E-state index contributed by atoms with van der Waals surface area (Å²) in [5.41, 5.74) is 1.22. The Bertz CT molecular complexity index is 379. The third-order valence-electron chi connectivity index (χ3n) is 3.48. The minimum absolute atomic E-state index is 0.182. The van der Waals surface area contributed by atoms with E-state index in [1.807, 2.05) is 0 Å². The van der Waals surface area contributed by atoms with Crippen LogP contribution < -0.4 is 0 Å². The maximum absolute atomic E-state index is 13.4. The van der Waals surface area contributed by atoms with E-state index in [9.17, 15) is 13.2 Å². The molecule has 0 amide bonds.